The number of ketones is 4. The molecule has 0 aromatic rings. The third-order valence-electron chi connectivity index (χ3n) is 34.9. The van der Waals surface area contributed by atoms with E-state index in [-0.39, 0.29) is 188 Å². The van der Waals surface area contributed by atoms with Crippen LogP contribution in [0.3, 0.4) is 0 Å². The molecule has 0 heterocycles. The average molecular weight is 1780 g/mol. The van der Waals surface area contributed by atoms with E-state index in [2.05, 4.69) is 117 Å². The Morgan fingerprint density at radius 2 is 0.886 bits per heavy atom. The number of aliphatic hydroxyl groups excluding tert-OH is 4. The summed E-state index contributed by atoms with van der Waals surface area (Å²) in [6.07, 6.45) is 15.9. The van der Waals surface area contributed by atoms with Gasteiger partial charge in [-0.3, -0.25) is 24.0 Å². The van der Waals surface area contributed by atoms with Crippen molar-refractivity contribution in [3.8, 4) is 0 Å². The second-order valence-electron chi connectivity index (χ2n) is 39.5. The number of esters is 2. The number of carbonyl (C=O) groups is 8. The van der Waals surface area contributed by atoms with Crippen molar-refractivity contribution in [1.29, 1.82) is 0 Å². The van der Waals surface area contributed by atoms with Crippen molar-refractivity contribution in [3.05, 3.63) is 50.6 Å². The van der Waals surface area contributed by atoms with E-state index in [0.717, 1.165) is 96.3 Å². The topological polar surface area (TPSA) is 362 Å². The zero-order valence-electron chi connectivity index (χ0n) is 76.7. The minimum Gasteiger partial charge on any atom is -0.870 e. The molecular weight excluding hydrogens is 1620 g/mol. The molecule has 7 N–H and O–H groups in total. The number of methoxy groups -OCH3 is 6. The van der Waals surface area contributed by atoms with Gasteiger partial charge in [0.1, 0.15) is 54.7 Å². The van der Waals surface area contributed by atoms with E-state index in [1.165, 1.54) is 21.3 Å². The summed E-state index contributed by atoms with van der Waals surface area (Å²) in [5, 5.41) is 41.2. The van der Waals surface area contributed by atoms with Gasteiger partial charge in [-0.05, 0) is 193 Å². The van der Waals surface area contributed by atoms with Crippen LogP contribution in [0.4, 0.5) is 18.0 Å². The molecule has 0 radical (unpaired) electrons. The molecule has 0 aliphatic heterocycles. The number of hydrogen-bond donors (Lipinski definition) is 4. The van der Waals surface area contributed by atoms with Gasteiger partial charge in [0.05, 0.1) is 30.5 Å². The summed E-state index contributed by atoms with van der Waals surface area (Å²) < 4.78 is 80.0. The number of carbonyl (C=O) groups excluding carboxylic acids is 8. The molecule has 23 nitrogen and oxygen atoms in total. The van der Waals surface area contributed by atoms with E-state index in [1.54, 1.807) is 45.6 Å². The normalized spacial score (nSPS) is 43.9. The fourth-order valence-electron chi connectivity index (χ4n) is 27.1. The van der Waals surface area contributed by atoms with Crippen LogP contribution in [-0.4, -0.2) is 196 Å². The van der Waals surface area contributed by atoms with Crippen LogP contribution >= 0.6 is 11.6 Å². The van der Waals surface area contributed by atoms with Gasteiger partial charge in [-0.2, -0.15) is 13.2 Å². The van der Waals surface area contributed by atoms with Crippen molar-refractivity contribution in [2.75, 3.05) is 55.9 Å². The molecule has 0 saturated heterocycles. The number of ether oxygens (including phenoxy) is 9. The van der Waals surface area contributed by atoms with Crippen LogP contribution in [0.5, 0.6) is 0 Å². The van der Waals surface area contributed by atoms with E-state index < -0.39 is 107 Å². The Balaban J connectivity index is 0.000000522. The summed E-state index contributed by atoms with van der Waals surface area (Å²) in [6, 6.07) is 0. The second kappa shape index (κ2) is 44.5. The van der Waals surface area contributed by atoms with Crippen molar-refractivity contribution >= 4 is 58.4 Å². The Bertz CT molecular complexity index is 3600. The van der Waals surface area contributed by atoms with Gasteiger partial charge in [0, 0.05) is 147 Å². The quantitative estimate of drug-likeness (QED) is 0.0225. The molecule has 28 heteroatoms. The van der Waals surface area contributed by atoms with Crippen molar-refractivity contribution in [2.24, 2.45) is 136 Å². The standard InChI is InChI=1S/C22H33ClO4.2C22H34O5.C21H34O3.C4H10O3.C2HF3O.2CH4.Na.2H2O/c1-7-20(4)12-16(27-19(23)25)21(5)13(2)8-10-22(14(3)18(20)24)11-9-15(26-6)17(21)22;1-6-20(4)11-16(27-17(25)12-23)21(5)13(2)7-9-22(14(3)19(20)26)10-8-15(24)18(21)22;1-6-21(4)11-16(27-17(24)12-23)18-13(2)7-9-22(14(3)20(21)25)10-8-15(26-5)19(18)22;1-7-19(4)12-16(22)20(5)13(2)8-10-21(14(3)18(19)23)11-9-15(24-6)17(20)21;1-5-4(6-2)7-3;3-2(4,5)1-6;;;;;/h7,13-17H,1,8-12H2,2-6H3;6,13-14,16,18-19,23,26H,1,7-12H2,2-5H3;6,13-16,18-19,23H,1,7-12H2,2-5H3;7,13-17,22H,1,8-12H2,2-6H3;4H,1-3H3;1H;2*1H4;;2*1H2/q;;;;;;;;+1;;/p-1/t13-,14+,15-,16-,17-,20-,21+,22+;13-,14+,16-,18+,19+,20-,21+,22+;13-,14+,15-,16-,18?,19-,21-,22+;13-,14+,15-,16-,17-,19-,20+,21+;;;;;;;/m1111......./s1. The average Bonchev–Trinajstić information content (AvgIpc) is 1.32. The third kappa shape index (κ3) is 20.8. The molecule has 12 fully saturated rings. The minimum absolute atomic E-state index is 0. The Morgan fingerprint density at radius 3 is 1.30 bits per heavy atom. The summed E-state index contributed by atoms with van der Waals surface area (Å²) in [5.74, 6) is 1.20. The van der Waals surface area contributed by atoms with Gasteiger partial charge in [-0.1, -0.05) is 122 Å². The van der Waals surface area contributed by atoms with E-state index in [1.807, 2.05) is 27.7 Å². The maximum Gasteiger partial charge on any atom is 1.00 e. The van der Waals surface area contributed by atoms with Gasteiger partial charge in [0.25, 0.3) is 6.48 Å². The van der Waals surface area contributed by atoms with Gasteiger partial charge < -0.3 is 74.0 Å². The molecule has 12 rings (SSSR count). The number of halogens is 4. The summed E-state index contributed by atoms with van der Waals surface area (Å²) in [5.41, 5.74) is -5.13. The number of rotatable bonds is 15. The van der Waals surface area contributed by atoms with Crippen LogP contribution in [0, 0.1) is 136 Å². The van der Waals surface area contributed by atoms with Crippen LogP contribution in [0.1, 0.15) is 247 Å². The van der Waals surface area contributed by atoms with Crippen LogP contribution in [0.25, 0.3) is 0 Å². The number of alkyl halides is 3. The van der Waals surface area contributed by atoms with Crippen LogP contribution in [0.15, 0.2) is 50.6 Å². The van der Waals surface area contributed by atoms with Gasteiger partial charge in [-0.25, -0.2) is 14.4 Å². The van der Waals surface area contributed by atoms with E-state index in [0.29, 0.717) is 49.9 Å². The molecule has 0 aromatic carbocycles. The molecule has 8 bridgehead atoms. The fraction of sp³-hybridized carbons (Fsp3) is 0.832. The third-order valence-corrected chi connectivity index (χ3v) is 35.0. The molecule has 0 aromatic heterocycles. The Kier molecular flexibility index (Phi) is 41.7. The van der Waals surface area contributed by atoms with Crippen molar-refractivity contribution < 1.29 is 155 Å². The zero-order chi connectivity index (χ0) is 89.2. The van der Waals surface area contributed by atoms with E-state index >= 15 is 0 Å². The van der Waals surface area contributed by atoms with E-state index in [9.17, 15) is 67.2 Å². The van der Waals surface area contributed by atoms with Crippen LogP contribution in [-0.2, 0) is 76.2 Å². The molecule has 0 amide bonds. The first-order chi connectivity index (χ1) is 54.9. The molecule has 704 valence electrons. The van der Waals surface area contributed by atoms with Crippen LogP contribution in [0.2, 0.25) is 0 Å². The van der Waals surface area contributed by atoms with E-state index in [4.69, 9.17) is 44.8 Å². The predicted octanol–water partition coefficient (Wildman–Crippen LogP) is 13.6. The number of aliphatic hydroxyl groups is 4. The van der Waals surface area contributed by atoms with Gasteiger partial charge >= 0.3 is 53.1 Å². The predicted molar refractivity (Wildman–Crippen MR) is 461 cm³/mol. The summed E-state index contributed by atoms with van der Waals surface area (Å²) in [7, 11) is 9.83. The van der Waals surface area contributed by atoms with Crippen molar-refractivity contribution in [2.45, 2.75) is 309 Å². The van der Waals surface area contributed by atoms with Gasteiger partial charge in [0.2, 0.25) is 6.29 Å². The van der Waals surface area contributed by atoms with Gasteiger partial charge in [-0.15, -0.1) is 26.3 Å². The van der Waals surface area contributed by atoms with Crippen molar-refractivity contribution in [1.82, 2.24) is 0 Å². The summed E-state index contributed by atoms with van der Waals surface area (Å²) in [4.78, 5) is 98.3. The maximum absolute atomic E-state index is 13.6. The Morgan fingerprint density at radius 1 is 0.512 bits per heavy atom. The molecule has 0 spiro atoms. The molecular formula is C95H157ClF3NaO23. The smallest absolute Gasteiger partial charge is 0.870 e. The van der Waals surface area contributed by atoms with Crippen LogP contribution < -0.4 is 29.6 Å². The number of allylic oxidation sites excluding steroid dienone is 3. The fourth-order valence-corrected chi connectivity index (χ4v) is 27.3. The number of hydrogen-bond acceptors (Lipinski definition) is 22. The first-order valence-electron chi connectivity index (χ1n) is 43.2. The Labute approximate surface area is 760 Å². The maximum atomic E-state index is 13.6. The molecule has 32 atom stereocenters. The summed E-state index contributed by atoms with van der Waals surface area (Å²) >= 11 is 5.70. The first kappa shape index (κ1) is 115. The Hall–Kier alpha value is -3.68. The largest absolute Gasteiger partial charge is 1.00 e. The molecule has 12 saturated carbocycles. The molecule has 12 aliphatic rings. The molecule has 1 unspecified atom stereocenters. The second-order valence-corrected chi connectivity index (χ2v) is 39.8. The molecule has 12 aliphatic carbocycles. The number of Topliss-reactive ketones (excluding diaryl/α,β-unsaturated/α-hetero) is 4. The zero-order valence-corrected chi connectivity index (χ0v) is 79.4. The molecule has 123 heavy (non-hydrogen) atoms. The minimum atomic E-state index is -4.64. The number of aldehydes is 1. The summed E-state index contributed by atoms with van der Waals surface area (Å²) in [6.45, 7) is 45.6. The van der Waals surface area contributed by atoms with Crippen molar-refractivity contribution in [3.63, 3.8) is 0 Å². The SMILES string of the molecule is C.C.C=C[C@]1(C)C[C@@H](O)[C@]2(C)[C@H](C)CC[C@]3(CC[C@@H](OC)[C@@H]32)[C@@H](C)C1=O.C=C[C@]1(C)C[C@@H](OC(=O)CO)C2[C@H](C)CC[C@]3(CC[C@@H](OC)[C@H]23)[C@@H](C)C1=O.C=C[C@]1(C)C[C@@H](OC(=O)CO)[C@]2(C)[C@H](C)CC[C@]3(CCC(=O)[C@H]32)[C@@H](C)[C@@H]1O.C=C[C@]1(C)C[C@@H](OC(=O)Cl)[C@]2(C)[C@H](C)CC[C@]3(CC[C@@H](OC)[C@@H]32)[C@@H](C)C1=O.COC(OC)OC.O.O=CC(F)(F)F.[Na+].[OH-]. The first-order valence-corrected chi connectivity index (χ1v) is 43.6. The van der Waals surface area contributed by atoms with Gasteiger partial charge in [0.15, 0.2) is 0 Å². The monoisotopic (exact) mass is 1780 g/mol.